The van der Waals surface area contributed by atoms with Crippen LogP contribution in [0.1, 0.15) is 12.0 Å². The summed E-state index contributed by atoms with van der Waals surface area (Å²) < 4.78 is 43.2. The van der Waals surface area contributed by atoms with Crippen molar-refractivity contribution in [3.63, 3.8) is 0 Å². The van der Waals surface area contributed by atoms with Crippen LogP contribution in [-0.4, -0.2) is 24.4 Å². The van der Waals surface area contributed by atoms with Gasteiger partial charge >= 0.3 is 6.18 Å². The molecule has 2 rings (SSSR count). The second-order valence-corrected chi connectivity index (χ2v) is 5.52. The zero-order valence-corrected chi connectivity index (χ0v) is 11.6. The van der Waals surface area contributed by atoms with E-state index in [-0.39, 0.29) is 28.6 Å². The number of hydrogen-bond donors (Lipinski definition) is 0. The summed E-state index contributed by atoms with van der Waals surface area (Å²) in [5, 5.41) is 0. The van der Waals surface area contributed by atoms with Crippen molar-refractivity contribution in [1.82, 2.24) is 0 Å². The van der Waals surface area contributed by atoms with Crippen molar-refractivity contribution in [2.45, 2.75) is 17.4 Å². The predicted molar refractivity (Wildman–Crippen MR) is 67.7 cm³/mol. The monoisotopic (exact) mass is 337 g/mol. The molecule has 19 heavy (non-hydrogen) atoms. The highest BCUT2D eigenvalue weighted by molar-refractivity contribution is 9.09. The summed E-state index contributed by atoms with van der Waals surface area (Å²) in [6.07, 6.45) is -4.20. The third-order valence-electron chi connectivity index (χ3n) is 2.84. The molecule has 0 radical (unpaired) electrons. The lowest BCUT2D eigenvalue weighted by Crippen LogP contribution is -2.25. The molecular formula is C12H11BrF3NO2. The summed E-state index contributed by atoms with van der Waals surface area (Å²) >= 11 is 3.29. The van der Waals surface area contributed by atoms with Crippen molar-refractivity contribution in [3.05, 3.63) is 23.8 Å². The number of benzene rings is 1. The summed E-state index contributed by atoms with van der Waals surface area (Å²) in [5.41, 5.74) is -0.619. The van der Waals surface area contributed by atoms with Gasteiger partial charge in [0, 0.05) is 29.5 Å². The molecule has 7 heteroatoms. The Hall–Kier alpha value is -1.24. The van der Waals surface area contributed by atoms with Crippen LogP contribution in [0.15, 0.2) is 18.2 Å². The van der Waals surface area contributed by atoms with Gasteiger partial charge in [-0.25, -0.2) is 0 Å². The fourth-order valence-electron chi connectivity index (χ4n) is 1.93. The highest BCUT2D eigenvalue weighted by atomic mass is 79.9. The van der Waals surface area contributed by atoms with E-state index in [1.807, 2.05) is 0 Å². The molecule has 1 unspecified atom stereocenters. The Kier molecular flexibility index (Phi) is 3.75. The highest BCUT2D eigenvalue weighted by Crippen LogP contribution is 2.36. The van der Waals surface area contributed by atoms with E-state index in [2.05, 4.69) is 15.9 Å². The smallest absolute Gasteiger partial charge is 0.416 e. The van der Waals surface area contributed by atoms with Crippen LogP contribution in [0.3, 0.4) is 0 Å². The molecule has 0 aromatic heterocycles. The largest absolute Gasteiger partial charge is 0.497 e. The standard InChI is InChI=1S/C12H11BrF3NO2/c1-19-10-3-7(12(14,15)16)2-9(5-10)17-6-8(13)4-11(17)18/h2-3,5,8H,4,6H2,1H3. The first kappa shape index (κ1) is 14.2. The van der Waals surface area contributed by atoms with Gasteiger partial charge in [-0.05, 0) is 12.1 Å². The minimum absolute atomic E-state index is 0.0412. The number of carbonyl (C=O) groups is 1. The van der Waals surface area contributed by atoms with Crippen molar-refractivity contribution in [2.75, 3.05) is 18.6 Å². The van der Waals surface area contributed by atoms with Gasteiger partial charge < -0.3 is 9.64 Å². The quantitative estimate of drug-likeness (QED) is 0.775. The Morgan fingerprint density at radius 2 is 2.05 bits per heavy atom. The number of halogens is 4. The number of carbonyl (C=O) groups excluding carboxylic acids is 1. The normalized spacial score (nSPS) is 19.9. The highest BCUT2D eigenvalue weighted by Gasteiger charge is 2.34. The first-order valence-corrected chi connectivity index (χ1v) is 6.43. The molecule has 1 aliphatic heterocycles. The van der Waals surface area contributed by atoms with Gasteiger partial charge in [0.15, 0.2) is 0 Å². The van der Waals surface area contributed by atoms with Crippen LogP contribution in [-0.2, 0) is 11.0 Å². The van der Waals surface area contributed by atoms with E-state index < -0.39 is 11.7 Å². The topological polar surface area (TPSA) is 29.5 Å². The van der Waals surface area contributed by atoms with Gasteiger partial charge in [-0.15, -0.1) is 0 Å². The van der Waals surface area contributed by atoms with Crippen LogP contribution < -0.4 is 9.64 Å². The molecule has 0 aliphatic carbocycles. The minimum atomic E-state index is -4.47. The molecule has 1 aromatic carbocycles. The molecule has 1 fully saturated rings. The van der Waals surface area contributed by atoms with Gasteiger partial charge in [-0.2, -0.15) is 13.2 Å². The van der Waals surface area contributed by atoms with Crippen LogP contribution in [0, 0.1) is 0 Å². The van der Waals surface area contributed by atoms with E-state index >= 15 is 0 Å². The third kappa shape index (κ3) is 3.02. The summed E-state index contributed by atoms with van der Waals surface area (Å²) in [7, 11) is 1.29. The van der Waals surface area contributed by atoms with E-state index in [0.29, 0.717) is 6.54 Å². The zero-order valence-electron chi connectivity index (χ0n) is 10.00. The van der Waals surface area contributed by atoms with Gasteiger partial charge in [0.05, 0.1) is 12.7 Å². The molecule has 0 spiro atoms. The number of rotatable bonds is 2. The van der Waals surface area contributed by atoms with Gasteiger partial charge in [0.25, 0.3) is 0 Å². The number of alkyl halides is 4. The molecule has 0 saturated carbocycles. The van der Waals surface area contributed by atoms with E-state index in [9.17, 15) is 18.0 Å². The molecule has 1 aliphatic rings. The fraction of sp³-hybridized carbons (Fsp3) is 0.417. The SMILES string of the molecule is COc1cc(N2CC(Br)CC2=O)cc(C(F)(F)F)c1. The maximum atomic E-state index is 12.8. The first-order chi connectivity index (χ1) is 8.81. The second kappa shape index (κ2) is 5.03. The average molecular weight is 338 g/mol. The van der Waals surface area contributed by atoms with Crippen LogP contribution in [0.5, 0.6) is 5.75 Å². The summed E-state index contributed by atoms with van der Waals surface area (Å²) in [6, 6.07) is 3.30. The number of methoxy groups -OCH3 is 1. The molecule has 104 valence electrons. The van der Waals surface area contributed by atoms with Crippen LogP contribution in [0.4, 0.5) is 18.9 Å². The first-order valence-electron chi connectivity index (χ1n) is 5.52. The van der Waals surface area contributed by atoms with E-state index in [4.69, 9.17) is 4.74 Å². The Morgan fingerprint density at radius 1 is 1.37 bits per heavy atom. The van der Waals surface area contributed by atoms with Gasteiger partial charge in [-0.1, -0.05) is 15.9 Å². The van der Waals surface area contributed by atoms with Crippen LogP contribution in [0.25, 0.3) is 0 Å². The lowest BCUT2D eigenvalue weighted by Gasteiger charge is -2.19. The van der Waals surface area contributed by atoms with Crippen LogP contribution in [0.2, 0.25) is 0 Å². The van der Waals surface area contributed by atoms with Crippen molar-refractivity contribution >= 4 is 27.5 Å². The lowest BCUT2D eigenvalue weighted by atomic mass is 10.1. The van der Waals surface area contributed by atoms with E-state index in [0.717, 1.165) is 12.1 Å². The van der Waals surface area contributed by atoms with E-state index in [1.54, 1.807) is 0 Å². The maximum Gasteiger partial charge on any atom is 0.416 e. The number of anilines is 1. The summed E-state index contributed by atoms with van der Waals surface area (Å²) in [6.45, 7) is 0.350. The Labute approximate surface area is 116 Å². The van der Waals surface area contributed by atoms with Crippen molar-refractivity contribution in [2.24, 2.45) is 0 Å². The van der Waals surface area contributed by atoms with E-state index in [1.165, 1.54) is 18.1 Å². The Morgan fingerprint density at radius 3 is 2.53 bits per heavy atom. The Bertz CT molecular complexity index is 504. The molecule has 3 nitrogen and oxygen atoms in total. The predicted octanol–water partition coefficient (Wildman–Crippen LogP) is 3.21. The van der Waals surface area contributed by atoms with Crippen LogP contribution >= 0.6 is 15.9 Å². The number of amides is 1. The van der Waals surface area contributed by atoms with Crippen molar-refractivity contribution in [3.8, 4) is 5.75 Å². The third-order valence-corrected chi connectivity index (χ3v) is 3.46. The molecule has 0 N–H and O–H groups in total. The molecule has 1 heterocycles. The summed E-state index contributed by atoms with van der Waals surface area (Å²) in [4.78, 5) is 13.0. The zero-order chi connectivity index (χ0) is 14.2. The second-order valence-electron chi connectivity index (χ2n) is 4.22. The Balaban J connectivity index is 2.43. The van der Waals surface area contributed by atoms with Gasteiger partial charge in [0.1, 0.15) is 5.75 Å². The average Bonchev–Trinajstić information content (AvgIpc) is 2.66. The molecule has 1 atom stereocenters. The molecule has 0 bridgehead atoms. The molecule has 1 amide bonds. The molecule has 1 saturated heterocycles. The molecular weight excluding hydrogens is 327 g/mol. The fourth-order valence-corrected chi connectivity index (χ4v) is 2.50. The van der Waals surface area contributed by atoms with Gasteiger partial charge in [-0.3, -0.25) is 4.79 Å². The van der Waals surface area contributed by atoms with Crippen molar-refractivity contribution in [1.29, 1.82) is 0 Å². The lowest BCUT2D eigenvalue weighted by molar-refractivity contribution is -0.137. The van der Waals surface area contributed by atoms with Crippen molar-refractivity contribution < 1.29 is 22.7 Å². The number of hydrogen-bond acceptors (Lipinski definition) is 2. The molecule has 1 aromatic rings. The number of ether oxygens (including phenoxy) is 1. The van der Waals surface area contributed by atoms with Gasteiger partial charge in [0.2, 0.25) is 5.91 Å². The maximum absolute atomic E-state index is 12.8. The summed E-state index contributed by atoms with van der Waals surface area (Å²) in [5.74, 6) is -0.126. The minimum Gasteiger partial charge on any atom is -0.497 e. The number of nitrogens with zero attached hydrogens (tertiary/aromatic N) is 1.